The van der Waals surface area contributed by atoms with Gasteiger partial charge in [0.15, 0.2) is 5.11 Å². The maximum atomic E-state index is 5.63. The van der Waals surface area contributed by atoms with Crippen LogP contribution in [0.1, 0.15) is 50.2 Å². The van der Waals surface area contributed by atoms with E-state index in [4.69, 9.17) is 12.2 Å². The molecule has 1 fully saturated rings. The molecule has 0 heterocycles. The third-order valence-electron chi connectivity index (χ3n) is 4.38. The molecule has 0 unspecified atom stereocenters. The summed E-state index contributed by atoms with van der Waals surface area (Å²) in [7, 11) is 0. The third kappa shape index (κ3) is 3.72. The number of hydrogen-bond acceptors (Lipinski definition) is 1. The molecule has 0 aromatic heterocycles. The molecule has 1 N–H and O–H groups in total. The molecule has 0 bridgehead atoms. The minimum absolute atomic E-state index is 0.625. The van der Waals surface area contributed by atoms with Gasteiger partial charge in [-0.1, -0.05) is 25.3 Å². The molecule has 3 heteroatoms. The Kier molecular flexibility index (Phi) is 5.41. The average molecular weight is 290 g/mol. The molecule has 1 aliphatic rings. The molecule has 110 valence electrons. The minimum Gasteiger partial charge on any atom is -0.346 e. The first-order chi connectivity index (χ1) is 9.61. The molecule has 0 atom stereocenters. The van der Waals surface area contributed by atoms with Crippen LogP contribution in [0.2, 0.25) is 0 Å². The standard InChI is InChI=1S/C17H26N2S/c1-4-19(16-8-6-5-7-9-16)17(20)18-15-11-10-13(2)14(3)12-15/h10-12,16H,4-9H2,1-3H3,(H,18,20). The second-order valence-electron chi connectivity index (χ2n) is 5.81. The Hall–Kier alpha value is -1.09. The zero-order valence-corrected chi connectivity index (χ0v) is 13.7. The molecule has 0 radical (unpaired) electrons. The number of anilines is 1. The van der Waals surface area contributed by atoms with Crippen molar-refractivity contribution in [3.05, 3.63) is 29.3 Å². The summed E-state index contributed by atoms with van der Waals surface area (Å²) in [4.78, 5) is 2.36. The highest BCUT2D eigenvalue weighted by Crippen LogP contribution is 2.23. The molecular weight excluding hydrogens is 264 g/mol. The molecule has 0 saturated heterocycles. The molecule has 2 nitrogen and oxygen atoms in total. The second kappa shape index (κ2) is 7.07. The van der Waals surface area contributed by atoms with E-state index >= 15 is 0 Å². The fourth-order valence-corrected chi connectivity index (χ4v) is 3.37. The van der Waals surface area contributed by atoms with Gasteiger partial charge in [-0.05, 0) is 69.1 Å². The predicted octanol–water partition coefficient (Wildman–Crippen LogP) is 4.65. The van der Waals surface area contributed by atoms with Gasteiger partial charge in [0, 0.05) is 18.3 Å². The number of hydrogen-bond donors (Lipinski definition) is 1. The molecule has 20 heavy (non-hydrogen) atoms. The van der Waals surface area contributed by atoms with Crippen molar-refractivity contribution in [3.8, 4) is 0 Å². The number of thiocarbonyl (C=S) groups is 1. The van der Waals surface area contributed by atoms with Gasteiger partial charge in [0.05, 0.1) is 0 Å². The van der Waals surface area contributed by atoms with Crippen LogP contribution in [-0.4, -0.2) is 22.6 Å². The van der Waals surface area contributed by atoms with E-state index in [2.05, 4.69) is 49.2 Å². The Morgan fingerprint density at radius 1 is 1.20 bits per heavy atom. The fraction of sp³-hybridized carbons (Fsp3) is 0.588. The van der Waals surface area contributed by atoms with Gasteiger partial charge in [0.2, 0.25) is 0 Å². The van der Waals surface area contributed by atoms with E-state index in [1.54, 1.807) is 0 Å². The molecule has 2 rings (SSSR count). The van der Waals surface area contributed by atoms with E-state index in [-0.39, 0.29) is 0 Å². The smallest absolute Gasteiger partial charge is 0.173 e. The van der Waals surface area contributed by atoms with E-state index in [0.717, 1.165) is 17.3 Å². The largest absolute Gasteiger partial charge is 0.346 e. The highest BCUT2D eigenvalue weighted by molar-refractivity contribution is 7.80. The molecule has 1 aromatic rings. The number of benzene rings is 1. The summed E-state index contributed by atoms with van der Waals surface area (Å²) in [6.45, 7) is 7.46. The number of aryl methyl sites for hydroxylation is 2. The Bertz CT molecular complexity index is 464. The second-order valence-corrected chi connectivity index (χ2v) is 6.19. The average Bonchev–Trinajstić information content (AvgIpc) is 2.45. The van der Waals surface area contributed by atoms with Crippen molar-refractivity contribution in [1.82, 2.24) is 4.90 Å². The molecule has 1 aliphatic carbocycles. The van der Waals surface area contributed by atoms with Gasteiger partial charge in [0.1, 0.15) is 0 Å². The zero-order valence-electron chi connectivity index (χ0n) is 12.9. The Labute approximate surface area is 128 Å². The summed E-state index contributed by atoms with van der Waals surface area (Å²) in [5, 5.41) is 4.29. The van der Waals surface area contributed by atoms with E-state index in [1.807, 2.05) is 0 Å². The summed E-state index contributed by atoms with van der Waals surface area (Å²) < 4.78 is 0. The molecular formula is C17H26N2S. The number of nitrogens with zero attached hydrogens (tertiary/aromatic N) is 1. The highest BCUT2D eigenvalue weighted by atomic mass is 32.1. The van der Waals surface area contributed by atoms with Crippen molar-refractivity contribution >= 4 is 23.0 Å². The summed E-state index contributed by atoms with van der Waals surface area (Å²) in [6.07, 6.45) is 6.62. The lowest BCUT2D eigenvalue weighted by Gasteiger charge is -2.35. The monoisotopic (exact) mass is 290 g/mol. The van der Waals surface area contributed by atoms with Crippen LogP contribution in [0.25, 0.3) is 0 Å². The highest BCUT2D eigenvalue weighted by Gasteiger charge is 2.21. The quantitative estimate of drug-likeness (QED) is 0.815. The van der Waals surface area contributed by atoms with Gasteiger partial charge in [-0.3, -0.25) is 0 Å². The van der Waals surface area contributed by atoms with Crippen LogP contribution >= 0.6 is 12.2 Å². The molecule has 0 amide bonds. The van der Waals surface area contributed by atoms with E-state index in [9.17, 15) is 0 Å². The van der Waals surface area contributed by atoms with Crippen molar-refractivity contribution in [1.29, 1.82) is 0 Å². The summed E-state index contributed by atoms with van der Waals surface area (Å²) in [6, 6.07) is 7.07. The van der Waals surface area contributed by atoms with Crippen molar-refractivity contribution < 1.29 is 0 Å². The lowest BCUT2D eigenvalue weighted by atomic mass is 9.94. The van der Waals surface area contributed by atoms with Crippen molar-refractivity contribution in [2.24, 2.45) is 0 Å². The van der Waals surface area contributed by atoms with E-state index in [1.165, 1.54) is 43.2 Å². The maximum absolute atomic E-state index is 5.63. The third-order valence-corrected chi connectivity index (χ3v) is 4.71. The Morgan fingerprint density at radius 3 is 2.50 bits per heavy atom. The molecule has 0 spiro atoms. The van der Waals surface area contributed by atoms with Crippen molar-refractivity contribution in [2.45, 2.75) is 58.9 Å². The van der Waals surface area contributed by atoms with E-state index in [0.29, 0.717) is 6.04 Å². The summed E-state index contributed by atoms with van der Waals surface area (Å²) in [5.74, 6) is 0. The van der Waals surface area contributed by atoms with Crippen LogP contribution in [0.3, 0.4) is 0 Å². The Morgan fingerprint density at radius 2 is 1.90 bits per heavy atom. The normalized spacial score (nSPS) is 15.9. The fourth-order valence-electron chi connectivity index (χ4n) is 2.97. The van der Waals surface area contributed by atoms with Crippen molar-refractivity contribution in [2.75, 3.05) is 11.9 Å². The van der Waals surface area contributed by atoms with Gasteiger partial charge < -0.3 is 10.2 Å². The van der Waals surface area contributed by atoms with Crippen LogP contribution in [0.4, 0.5) is 5.69 Å². The lowest BCUT2D eigenvalue weighted by molar-refractivity contribution is 0.255. The zero-order chi connectivity index (χ0) is 14.5. The van der Waals surface area contributed by atoms with Crippen LogP contribution in [0, 0.1) is 13.8 Å². The lowest BCUT2D eigenvalue weighted by Crippen LogP contribution is -2.43. The Balaban J connectivity index is 2.02. The predicted molar refractivity (Wildman–Crippen MR) is 91.4 cm³/mol. The molecule has 0 aliphatic heterocycles. The minimum atomic E-state index is 0.625. The first kappa shape index (κ1) is 15.3. The van der Waals surface area contributed by atoms with Crippen LogP contribution < -0.4 is 5.32 Å². The summed E-state index contributed by atoms with van der Waals surface area (Å²) >= 11 is 5.63. The van der Waals surface area contributed by atoms with Crippen LogP contribution in [-0.2, 0) is 0 Å². The molecule has 1 saturated carbocycles. The SMILES string of the molecule is CCN(C(=S)Nc1ccc(C)c(C)c1)C1CCCCC1. The van der Waals surface area contributed by atoms with Gasteiger partial charge in [-0.2, -0.15) is 0 Å². The van der Waals surface area contributed by atoms with Gasteiger partial charge in [-0.15, -0.1) is 0 Å². The van der Waals surface area contributed by atoms with Gasteiger partial charge in [0.25, 0.3) is 0 Å². The topological polar surface area (TPSA) is 15.3 Å². The van der Waals surface area contributed by atoms with E-state index < -0.39 is 0 Å². The molecule has 1 aromatic carbocycles. The summed E-state index contributed by atoms with van der Waals surface area (Å²) in [5.41, 5.74) is 3.73. The first-order valence-corrected chi connectivity index (χ1v) is 8.17. The van der Waals surface area contributed by atoms with Gasteiger partial charge in [-0.25, -0.2) is 0 Å². The van der Waals surface area contributed by atoms with Crippen LogP contribution in [0.5, 0.6) is 0 Å². The van der Waals surface area contributed by atoms with Crippen LogP contribution in [0.15, 0.2) is 18.2 Å². The number of nitrogens with one attached hydrogen (secondary N) is 1. The number of rotatable bonds is 3. The maximum Gasteiger partial charge on any atom is 0.173 e. The van der Waals surface area contributed by atoms with Gasteiger partial charge >= 0.3 is 0 Å². The first-order valence-electron chi connectivity index (χ1n) is 7.76. The van der Waals surface area contributed by atoms with Crippen molar-refractivity contribution in [3.63, 3.8) is 0 Å².